The topological polar surface area (TPSA) is 72.8 Å². The Labute approximate surface area is 70.3 Å². The molecule has 0 aromatic carbocycles. The van der Waals surface area contributed by atoms with Gasteiger partial charge in [-0.3, -0.25) is 4.79 Å². The van der Waals surface area contributed by atoms with Crippen LogP contribution < -0.4 is 0 Å². The molecule has 0 saturated heterocycles. The highest BCUT2D eigenvalue weighted by Crippen LogP contribution is 1.91. The molecule has 0 aromatic heterocycles. The molecule has 0 aromatic rings. The molecule has 70 valence electrons. The van der Waals surface area contributed by atoms with Gasteiger partial charge in [0.25, 0.3) is 5.78 Å². The molecule has 0 spiro atoms. The quantitative estimate of drug-likeness (QED) is 0.346. The van der Waals surface area contributed by atoms with Crippen LogP contribution in [0.5, 0.6) is 0 Å². The second kappa shape index (κ2) is 5.68. The van der Waals surface area contributed by atoms with E-state index in [9.17, 15) is 9.59 Å². The summed E-state index contributed by atoms with van der Waals surface area (Å²) in [5, 5.41) is 8.84. The number of hydrogen-bond acceptors (Lipinski definition) is 5. The van der Waals surface area contributed by atoms with E-state index in [-0.39, 0.29) is 13.2 Å². The molecule has 5 heteroatoms. The first-order valence-corrected chi connectivity index (χ1v) is 3.64. The zero-order valence-electron chi connectivity index (χ0n) is 7.07. The molecule has 1 atom stereocenters. The van der Waals surface area contributed by atoms with E-state index in [0.29, 0.717) is 0 Å². The van der Waals surface area contributed by atoms with Crippen molar-refractivity contribution in [1.82, 2.24) is 0 Å². The van der Waals surface area contributed by atoms with Crippen LogP contribution in [0.15, 0.2) is 0 Å². The summed E-state index contributed by atoms with van der Waals surface area (Å²) in [6.45, 7) is 3.43. The molecule has 5 nitrogen and oxygen atoms in total. The largest absolute Gasteiger partial charge is 0.460 e. The van der Waals surface area contributed by atoms with E-state index in [2.05, 4.69) is 9.47 Å². The van der Waals surface area contributed by atoms with E-state index in [1.807, 2.05) is 0 Å². The summed E-state index contributed by atoms with van der Waals surface area (Å²) in [5.74, 6) is -2.14. The fraction of sp³-hybridized carbons (Fsp3) is 0.714. The number of hydrogen-bond donors (Lipinski definition) is 1. The summed E-state index contributed by atoms with van der Waals surface area (Å²) in [6, 6.07) is 0. The van der Waals surface area contributed by atoms with Crippen molar-refractivity contribution in [2.24, 2.45) is 0 Å². The Hall–Kier alpha value is -0.940. The Morgan fingerprint density at radius 2 is 1.92 bits per heavy atom. The molecule has 0 rings (SSSR count). The van der Waals surface area contributed by atoms with E-state index < -0.39 is 18.0 Å². The Balaban J connectivity index is 3.91. The van der Waals surface area contributed by atoms with Crippen LogP contribution in [-0.2, 0) is 19.1 Å². The van der Waals surface area contributed by atoms with Crippen LogP contribution in [0.3, 0.4) is 0 Å². The summed E-state index contributed by atoms with van der Waals surface area (Å²) in [7, 11) is 0. The third-order valence-corrected chi connectivity index (χ3v) is 1.03. The standard InChI is InChI=1S/C7H12O5/c1-3-11-6(9)5(8)7(10)12-4-2/h6,9H,3-4H2,1-2H3. The van der Waals surface area contributed by atoms with E-state index in [0.717, 1.165) is 0 Å². The van der Waals surface area contributed by atoms with Gasteiger partial charge in [0.1, 0.15) is 0 Å². The SMILES string of the molecule is CCOC(=O)C(=O)C(O)OCC. The van der Waals surface area contributed by atoms with Crippen LogP contribution >= 0.6 is 0 Å². The highest BCUT2D eigenvalue weighted by Gasteiger charge is 2.24. The number of ketones is 1. The van der Waals surface area contributed by atoms with E-state index >= 15 is 0 Å². The minimum absolute atomic E-state index is 0.101. The Morgan fingerprint density at radius 3 is 2.33 bits per heavy atom. The number of ether oxygens (including phenoxy) is 2. The molecule has 1 unspecified atom stereocenters. The van der Waals surface area contributed by atoms with Gasteiger partial charge in [-0.15, -0.1) is 0 Å². The fourth-order valence-corrected chi connectivity index (χ4v) is 0.537. The minimum Gasteiger partial charge on any atom is -0.460 e. The maximum Gasteiger partial charge on any atom is 0.380 e. The lowest BCUT2D eigenvalue weighted by Crippen LogP contribution is -2.32. The number of carbonyl (C=O) groups excluding carboxylic acids is 2. The molecule has 0 aliphatic carbocycles. The van der Waals surface area contributed by atoms with Gasteiger partial charge in [0.2, 0.25) is 6.29 Å². The van der Waals surface area contributed by atoms with Crippen LogP contribution in [0.25, 0.3) is 0 Å². The Morgan fingerprint density at radius 1 is 1.33 bits per heavy atom. The van der Waals surface area contributed by atoms with Gasteiger partial charge in [-0.05, 0) is 13.8 Å². The maximum absolute atomic E-state index is 10.8. The monoisotopic (exact) mass is 176 g/mol. The summed E-state index contributed by atoms with van der Waals surface area (Å²) >= 11 is 0. The summed E-state index contributed by atoms with van der Waals surface area (Å²) in [4.78, 5) is 21.4. The van der Waals surface area contributed by atoms with Crippen molar-refractivity contribution in [3.8, 4) is 0 Å². The van der Waals surface area contributed by atoms with Gasteiger partial charge in [-0.2, -0.15) is 0 Å². The van der Waals surface area contributed by atoms with Crippen molar-refractivity contribution in [1.29, 1.82) is 0 Å². The predicted molar refractivity (Wildman–Crippen MR) is 39.3 cm³/mol. The third-order valence-electron chi connectivity index (χ3n) is 1.03. The lowest BCUT2D eigenvalue weighted by atomic mass is 10.4. The summed E-state index contributed by atoms with van der Waals surface area (Å²) < 4.78 is 8.82. The van der Waals surface area contributed by atoms with Crippen LogP contribution in [-0.4, -0.2) is 36.4 Å². The van der Waals surface area contributed by atoms with Crippen molar-refractivity contribution in [2.75, 3.05) is 13.2 Å². The van der Waals surface area contributed by atoms with Crippen molar-refractivity contribution in [3.05, 3.63) is 0 Å². The number of rotatable bonds is 5. The normalized spacial score (nSPS) is 12.2. The second-order valence-corrected chi connectivity index (χ2v) is 1.89. The lowest BCUT2D eigenvalue weighted by Gasteiger charge is -2.07. The third kappa shape index (κ3) is 3.45. The van der Waals surface area contributed by atoms with Gasteiger partial charge < -0.3 is 14.6 Å². The average molecular weight is 176 g/mol. The molecule has 0 fully saturated rings. The highest BCUT2D eigenvalue weighted by atomic mass is 16.6. The van der Waals surface area contributed by atoms with E-state index in [1.54, 1.807) is 13.8 Å². The molecule has 0 amide bonds. The zero-order valence-corrected chi connectivity index (χ0v) is 7.07. The van der Waals surface area contributed by atoms with Crippen LogP contribution in [0.2, 0.25) is 0 Å². The molecular formula is C7H12O5. The Kier molecular flexibility index (Phi) is 5.23. The molecule has 0 heterocycles. The molecule has 0 aliphatic heterocycles. The molecule has 0 bridgehead atoms. The smallest absolute Gasteiger partial charge is 0.380 e. The van der Waals surface area contributed by atoms with Gasteiger partial charge in [-0.25, -0.2) is 4.79 Å². The second-order valence-electron chi connectivity index (χ2n) is 1.89. The van der Waals surface area contributed by atoms with Crippen molar-refractivity contribution in [3.63, 3.8) is 0 Å². The molecule has 0 aliphatic rings. The molecule has 0 saturated carbocycles. The van der Waals surface area contributed by atoms with Crippen LogP contribution in [0.1, 0.15) is 13.8 Å². The van der Waals surface area contributed by atoms with Gasteiger partial charge in [0.15, 0.2) is 0 Å². The number of carbonyl (C=O) groups is 2. The lowest BCUT2D eigenvalue weighted by molar-refractivity contribution is -0.171. The van der Waals surface area contributed by atoms with Crippen molar-refractivity contribution >= 4 is 11.8 Å². The maximum atomic E-state index is 10.8. The first-order chi connectivity index (χ1) is 5.63. The minimum atomic E-state index is -1.70. The average Bonchev–Trinajstić information content (AvgIpc) is 2.04. The fourth-order valence-electron chi connectivity index (χ4n) is 0.537. The van der Waals surface area contributed by atoms with Crippen molar-refractivity contribution < 1.29 is 24.2 Å². The molecular weight excluding hydrogens is 164 g/mol. The van der Waals surface area contributed by atoms with Crippen LogP contribution in [0.4, 0.5) is 0 Å². The van der Waals surface area contributed by atoms with Crippen molar-refractivity contribution in [2.45, 2.75) is 20.1 Å². The first kappa shape index (κ1) is 11.1. The molecule has 12 heavy (non-hydrogen) atoms. The van der Waals surface area contributed by atoms with Gasteiger partial charge in [-0.1, -0.05) is 0 Å². The van der Waals surface area contributed by atoms with E-state index in [4.69, 9.17) is 5.11 Å². The molecule has 1 N–H and O–H groups in total. The molecule has 0 radical (unpaired) electrons. The number of Topliss-reactive ketones (excluding diaryl/α,β-unsaturated/α-hetero) is 1. The first-order valence-electron chi connectivity index (χ1n) is 3.64. The van der Waals surface area contributed by atoms with Gasteiger partial charge >= 0.3 is 5.97 Å². The summed E-state index contributed by atoms with van der Waals surface area (Å²) in [6.07, 6.45) is -1.70. The van der Waals surface area contributed by atoms with Gasteiger partial charge in [0, 0.05) is 6.61 Å². The highest BCUT2D eigenvalue weighted by molar-refractivity contribution is 6.34. The predicted octanol–water partition coefficient (Wildman–Crippen LogP) is -0.527. The summed E-state index contributed by atoms with van der Waals surface area (Å²) in [5.41, 5.74) is 0. The Bertz CT molecular complexity index is 165. The number of aliphatic hydroxyl groups excluding tert-OH is 1. The number of aliphatic hydroxyl groups is 1. The zero-order chi connectivity index (χ0) is 9.56. The van der Waals surface area contributed by atoms with Crippen LogP contribution in [0, 0.1) is 0 Å². The van der Waals surface area contributed by atoms with Gasteiger partial charge in [0.05, 0.1) is 6.61 Å². The van der Waals surface area contributed by atoms with E-state index in [1.165, 1.54) is 0 Å². The number of esters is 1.